The van der Waals surface area contributed by atoms with Crippen molar-refractivity contribution in [2.24, 2.45) is 0 Å². The molecule has 0 spiro atoms. The lowest BCUT2D eigenvalue weighted by Gasteiger charge is -2.13. The maximum atomic E-state index is 13.5. The molecule has 0 radical (unpaired) electrons. The zero-order valence-electron chi connectivity index (χ0n) is 15.3. The van der Waals surface area contributed by atoms with E-state index >= 15 is 0 Å². The fourth-order valence-corrected chi connectivity index (χ4v) is 4.76. The van der Waals surface area contributed by atoms with Crippen LogP contribution < -0.4 is 0 Å². The molecule has 0 aliphatic heterocycles. The second-order valence-corrected chi connectivity index (χ2v) is 8.54. The van der Waals surface area contributed by atoms with Crippen LogP contribution in [0.1, 0.15) is 11.1 Å². The number of aromatic nitrogens is 1. The lowest BCUT2D eigenvalue weighted by atomic mass is 10.1. The molecule has 0 amide bonds. The average Bonchev–Trinajstić information content (AvgIpc) is 3.08. The van der Waals surface area contributed by atoms with E-state index in [1.54, 1.807) is 48.5 Å². The molecule has 4 rings (SSSR count). The molecule has 4 aromatic rings. The molecule has 0 saturated carbocycles. The first-order valence-electron chi connectivity index (χ1n) is 8.78. The van der Waals surface area contributed by atoms with Gasteiger partial charge in [-0.05, 0) is 42.8 Å². The van der Waals surface area contributed by atoms with Crippen LogP contribution >= 0.6 is 0 Å². The van der Waals surface area contributed by atoms with Crippen LogP contribution in [0.4, 0.5) is 13.2 Å². The van der Waals surface area contributed by atoms with Crippen LogP contribution in [0, 0.1) is 6.92 Å². The molecule has 3 aromatic carbocycles. The van der Waals surface area contributed by atoms with Crippen molar-refractivity contribution in [1.29, 1.82) is 0 Å². The van der Waals surface area contributed by atoms with Gasteiger partial charge in [0.05, 0.1) is 21.7 Å². The van der Waals surface area contributed by atoms with Gasteiger partial charge < -0.3 is 0 Å². The summed E-state index contributed by atoms with van der Waals surface area (Å²) in [4.78, 5) is 0.00944. The van der Waals surface area contributed by atoms with Gasteiger partial charge in [-0.15, -0.1) is 0 Å². The van der Waals surface area contributed by atoms with E-state index in [1.807, 2.05) is 6.92 Å². The minimum atomic E-state index is -4.58. The third-order valence-electron chi connectivity index (χ3n) is 4.72. The predicted octanol–water partition coefficient (Wildman–Crippen LogP) is 5.87. The van der Waals surface area contributed by atoms with Crippen molar-refractivity contribution >= 4 is 20.9 Å². The minimum absolute atomic E-state index is 0.00944. The molecule has 1 aromatic heterocycles. The van der Waals surface area contributed by atoms with Gasteiger partial charge >= 0.3 is 6.18 Å². The Morgan fingerprint density at radius 3 is 2.10 bits per heavy atom. The molecular weight excluding hydrogens is 399 g/mol. The zero-order valence-corrected chi connectivity index (χ0v) is 16.1. The lowest BCUT2D eigenvalue weighted by Crippen LogP contribution is -2.14. The molecule has 0 bridgehead atoms. The van der Waals surface area contributed by atoms with Crippen molar-refractivity contribution in [3.05, 3.63) is 90.0 Å². The third kappa shape index (κ3) is 3.42. The molecule has 0 saturated heterocycles. The van der Waals surface area contributed by atoms with Gasteiger partial charge in [0.15, 0.2) is 0 Å². The molecular formula is C22H16F3NO2S. The fraction of sp³-hybridized carbons (Fsp3) is 0.0909. The van der Waals surface area contributed by atoms with Gasteiger partial charge in [0.1, 0.15) is 0 Å². The largest absolute Gasteiger partial charge is 0.416 e. The van der Waals surface area contributed by atoms with Crippen LogP contribution in [-0.2, 0) is 16.2 Å². The minimum Gasteiger partial charge on any atom is -0.233 e. The van der Waals surface area contributed by atoms with Crippen LogP contribution in [0.2, 0.25) is 0 Å². The standard InChI is InChI=1S/C22H16F3NO2S/c1-15-7-11-19(12-8-15)29(27,28)26-20(16-5-3-2-4-6-16)13-17-9-10-18(14-21(17)26)22(23,24)25/h2-14H,1H3. The van der Waals surface area contributed by atoms with Crippen molar-refractivity contribution in [1.82, 2.24) is 3.97 Å². The van der Waals surface area contributed by atoms with Gasteiger partial charge in [-0.3, -0.25) is 0 Å². The van der Waals surface area contributed by atoms with Gasteiger partial charge in [0.2, 0.25) is 0 Å². The van der Waals surface area contributed by atoms with E-state index < -0.39 is 21.8 Å². The number of aryl methyl sites for hydroxylation is 1. The molecule has 0 fully saturated rings. The summed E-state index contributed by atoms with van der Waals surface area (Å²) in [5.41, 5.74) is 0.861. The van der Waals surface area contributed by atoms with Crippen molar-refractivity contribution in [2.75, 3.05) is 0 Å². The maximum Gasteiger partial charge on any atom is 0.416 e. The molecule has 0 unspecified atom stereocenters. The van der Waals surface area contributed by atoms with E-state index in [0.29, 0.717) is 16.6 Å². The maximum absolute atomic E-state index is 13.5. The van der Waals surface area contributed by atoms with Gasteiger partial charge in [0, 0.05) is 5.39 Å². The van der Waals surface area contributed by atoms with Crippen LogP contribution in [0.3, 0.4) is 0 Å². The van der Waals surface area contributed by atoms with Crippen molar-refractivity contribution in [3.8, 4) is 11.3 Å². The first-order valence-corrected chi connectivity index (χ1v) is 10.2. The highest BCUT2D eigenvalue weighted by Gasteiger charge is 2.32. The Labute approximate surface area is 166 Å². The Morgan fingerprint density at radius 1 is 0.828 bits per heavy atom. The number of fused-ring (bicyclic) bond motifs is 1. The molecule has 0 atom stereocenters. The number of rotatable bonds is 3. The smallest absolute Gasteiger partial charge is 0.233 e. The first-order chi connectivity index (χ1) is 13.7. The van der Waals surface area contributed by atoms with Crippen molar-refractivity contribution in [2.45, 2.75) is 18.0 Å². The number of hydrogen-bond donors (Lipinski definition) is 0. The summed E-state index contributed by atoms with van der Waals surface area (Å²) < 4.78 is 67.8. The SMILES string of the molecule is Cc1ccc(S(=O)(=O)n2c(-c3ccccc3)cc3ccc(C(F)(F)F)cc32)cc1. The van der Waals surface area contributed by atoms with Crippen LogP contribution in [-0.4, -0.2) is 12.4 Å². The van der Waals surface area contributed by atoms with E-state index in [9.17, 15) is 21.6 Å². The fourth-order valence-electron chi connectivity index (χ4n) is 3.24. The monoisotopic (exact) mass is 415 g/mol. The number of alkyl halides is 3. The molecule has 0 aliphatic rings. The summed E-state index contributed by atoms with van der Waals surface area (Å²) in [7, 11) is -4.13. The summed E-state index contributed by atoms with van der Waals surface area (Å²) in [6.07, 6.45) is -4.58. The number of benzene rings is 3. The Hall–Kier alpha value is -3.06. The van der Waals surface area contributed by atoms with Crippen molar-refractivity contribution < 1.29 is 21.6 Å². The van der Waals surface area contributed by atoms with Gasteiger partial charge in [-0.25, -0.2) is 12.4 Å². The van der Waals surface area contributed by atoms with Gasteiger partial charge in [0.25, 0.3) is 10.0 Å². The zero-order chi connectivity index (χ0) is 20.8. The molecule has 0 N–H and O–H groups in total. The lowest BCUT2D eigenvalue weighted by molar-refractivity contribution is -0.137. The van der Waals surface area contributed by atoms with Crippen LogP contribution in [0.5, 0.6) is 0 Å². The second-order valence-electron chi connectivity index (χ2n) is 6.75. The molecule has 7 heteroatoms. The van der Waals surface area contributed by atoms with E-state index in [2.05, 4.69) is 0 Å². The Kier molecular flexibility index (Phi) is 4.50. The quantitative estimate of drug-likeness (QED) is 0.420. The summed E-state index contributed by atoms with van der Waals surface area (Å²) in [6, 6.07) is 19.7. The Bertz CT molecular complexity index is 1290. The third-order valence-corrected chi connectivity index (χ3v) is 6.46. The van der Waals surface area contributed by atoms with E-state index in [0.717, 1.165) is 21.7 Å². The highest BCUT2D eigenvalue weighted by atomic mass is 32.2. The van der Waals surface area contributed by atoms with Gasteiger partial charge in [-0.1, -0.05) is 54.1 Å². The summed E-state index contributed by atoms with van der Waals surface area (Å²) in [5.74, 6) is 0. The Morgan fingerprint density at radius 2 is 1.48 bits per heavy atom. The number of halogens is 3. The summed E-state index contributed by atoms with van der Waals surface area (Å²) >= 11 is 0. The van der Waals surface area contributed by atoms with Gasteiger partial charge in [-0.2, -0.15) is 13.2 Å². The predicted molar refractivity (Wildman–Crippen MR) is 106 cm³/mol. The van der Waals surface area contributed by atoms with Crippen molar-refractivity contribution in [3.63, 3.8) is 0 Å². The Balaban J connectivity index is 2.07. The van der Waals surface area contributed by atoms with Crippen LogP contribution in [0.15, 0.2) is 83.8 Å². The molecule has 3 nitrogen and oxygen atoms in total. The highest BCUT2D eigenvalue weighted by molar-refractivity contribution is 7.90. The second kappa shape index (κ2) is 6.77. The molecule has 0 aliphatic carbocycles. The first kappa shape index (κ1) is 19.3. The van der Waals surface area contributed by atoms with Crippen LogP contribution in [0.25, 0.3) is 22.2 Å². The van der Waals surface area contributed by atoms with E-state index in [1.165, 1.54) is 18.2 Å². The number of hydrogen-bond acceptors (Lipinski definition) is 2. The molecule has 1 heterocycles. The topological polar surface area (TPSA) is 39.1 Å². The van der Waals surface area contributed by atoms with E-state index in [4.69, 9.17) is 0 Å². The normalized spacial score (nSPS) is 12.4. The molecule has 29 heavy (non-hydrogen) atoms. The summed E-state index contributed by atoms with van der Waals surface area (Å²) in [5, 5.41) is 0.410. The average molecular weight is 415 g/mol. The van der Waals surface area contributed by atoms with E-state index in [-0.39, 0.29) is 10.4 Å². The molecule has 148 valence electrons. The highest BCUT2D eigenvalue weighted by Crippen LogP contribution is 2.36. The number of nitrogens with zero attached hydrogens (tertiary/aromatic N) is 1. The summed E-state index contributed by atoms with van der Waals surface area (Å²) in [6.45, 7) is 1.83.